The average molecular weight is 285 g/mol. The summed E-state index contributed by atoms with van der Waals surface area (Å²) in [4.78, 5) is 19.4. The minimum Gasteiger partial charge on any atom is -0.352 e. The highest BCUT2D eigenvalue weighted by molar-refractivity contribution is 7.10. The smallest absolute Gasteiger partial charge is 0.247 e. The molecule has 0 saturated heterocycles. The summed E-state index contributed by atoms with van der Waals surface area (Å²) in [5.41, 5.74) is 2.08. The lowest BCUT2D eigenvalue weighted by atomic mass is 10.1. The summed E-state index contributed by atoms with van der Waals surface area (Å²) >= 11 is 1.83. The number of thiophene rings is 1. The molecule has 0 saturated carbocycles. The number of amides is 1. The number of rotatable bonds is 3. The van der Waals surface area contributed by atoms with Crippen molar-refractivity contribution in [2.45, 2.75) is 13.0 Å². The Morgan fingerprint density at radius 1 is 1.45 bits per heavy atom. The minimum absolute atomic E-state index is 0.222. The van der Waals surface area contributed by atoms with Crippen molar-refractivity contribution in [3.8, 4) is 0 Å². The molecule has 1 amide bonds. The molecule has 0 spiro atoms. The number of carbonyl (C=O) groups is 1. The van der Waals surface area contributed by atoms with E-state index in [9.17, 15) is 4.79 Å². The largest absolute Gasteiger partial charge is 0.352 e. The first-order valence-corrected chi connectivity index (χ1v) is 7.34. The second-order valence-electron chi connectivity index (χ2n) is 4.64. The Morgan fingerprint density at radius 2 is 2.35 bits per heavy atom. The zero-order valence-corrected chi connectivity index (χ0v) is 11.8. The fourth-order valence-corrected chi connectivity index (χ4v) is 3.17. The van der Waals surface area contributed by atoms with Crippen LogP contribution in [0.5, 0.6) is 0 Å². The SMILES string of the molecule is C=CC(=O)Nc1ccc(N2CCc3sccc3C2)nc1. The van der Waals surface area contributed by atoms with E-state index in [2.05, 4.69) is 33.2 Å². The number of aromatic nitrogens is 1. The quantitative estimate of drug-likeness (QED) is 0.882. The van der Waals surface area contributed by atoms with Gasteiger partial charge in [-0.2, -0.15) is 0 Å². The molecule has 0 unspecified atom stereocenters. The molecule has 20 heavy (non-hydrogen) atoms. The third kappa shape index (κ3) is 2.58. The third-order valence-electron chi connectivity index (χ3n) is 3.33. The highest BCUT2D eigenvalue weighted by atomic mass is 32.1. The van der Waals surface area contributed by atoms with Crippen LogP contribution >= 0.6 is 11.3 Å². The standard InChI is InChI=1S/C15H15N3OS/c1-2-15(19)17-12-3-4-14(16-9-12)18-7-5-13-11(10-18)6-8-20-13/h2-4,6,8-9H,1,5,7,10H2,(H,17,19). The molecule has 2 aromatic rings. The molecule has 3 rings (SSSR count). The number of nitrogens with zero attached hydrogens (tertiary/aromatic N) is 2. The van der Waals surface area contributed by atoms with Crippen molar-refractivity contribution < 1.29 is 4.79 Å². The molecule has 2 aromatic heterocycles. The Morgan fingerprint density at radius 3 is 3.10 bits per heavy atom. The Labute approximate surface area is 121 Å². The van der Waals surface area contributed by atoms with Gasteiger partial charge in [0.05, 0.1) is 11.9 Å². The molecule has 5 heteroatoms. The van der Waals surface area contributed by atoms with Crippen LogP contribution in [0.25, 0.3) is 0 Å². The van der Waals surface area contributed by atoms with Crippen LogP contribution in [0.1, 0.15) is 10.4 Å². The van der Waals surface area contributed by atoms with E-state index in [1.807, 2.05) is 23.5 Å². The first-order chi connectivity index (χ1) is 9.76. The van der Waals surface area contributed by atoms with Gasteiger partial charge in [-0.15, -0.1) is 11.3 Å². The summed E-state index contributed by atoms with van der Waals surface area (Å²) in [6, 6.07) is 5.99. The van der Waals surface area contributed by atoms with E-state index < -0.39 is 0 Å². The van der Waals surface area contributed by atoms with Gasteiger partial charge in [0.15, 0.2) is 0 Å². The number of fused-ring (bicyclic) bond motifs is 1. The number of anilines is 2. The summed E-state index contributed by atoms with van der Waals surface area (Å²) in [6.07, 6.45) is 4.00. The third-order valence-corrected chi connectivity index (χ3v) is 4.36. The van der Waals surface area contributed by atoms with E-state index in [1.54, 1.807) is 6.20 Å². The molecule has 0 bridgehead atoms. The summed E-state index contributed by atoms with van der Waals surface area (Å²) in [6.45, 7) is 5.32. The molecule has 102 valence electrons. The fourth-order valence-electron chi connectivity index (χ4n) is 2.28. The zero-order chi connectivity index (χ0) is 13.9. The maximum absolute atomic E-state index is 11.2. The van der Waals surface area contributed by atoms with Crippen LogP contribution in [0.15, 0.2) is 42.4 Å². The first kappa shape index (κ1) is 12.9. The maximum atomic E-state index is 11.2. The average Bonchev–Trinajstić information content (AvgIpc) is 2.95. The van der Waals surface area contributed by atoms with Crippen molar-refractivity contribution in [2.24, 2.45) is 0 Å². The van der Waals surface area contributed by atoms with Gasteiger partial charge in [-0.3, -0.25) is 4.79 Å². The first-order valence-electron chi connectivity index (χ1n) is 6.46. The Kier molecular flexibility index (Phi) is 3.52. The van der Waals surface area contributed by atoms with Crippen molar-refractivity contribution in [1.82, 2.24) is 4.98 Å². The monoisotopic (exact) mass is 285 g/mol. The summed E-state index contributed by atoms with van der Waals surface area (Å²) < 4.78 is 0. The van der Waals surface area contributed by atoms with Crippen molar-refractivity contribution >= 4 is 28.7 Å². The molecular weight excluding hydrogens is 270 g/mol. The summed E-state index contributed by atoms with van der Waals surface area (Å²) in [5.74, 6) is 0.721. The van der Waals surface area contributed by atoms with E-state index in [0.29, 0.717) is 5.69 Å². The molecule has 0 radical (unpaired) electrons. The summed E-state index contributed by atoms with van der Waals surface area (Å²) in [5, 5.41) is 4.85. The van der Waals surface area contributed by atoms with E-state index >= 15 is 0 Å². The van der Waals surface area contributed by atoms with E-state index in [4.69, 9.17) is 0 Å². The van der Waals surface area contributed by atoms with Gasteiger partial charge in [0.2, 0.25) is 5.91 Å². The molecular formula is C15H15N3OS. The van der Waals surface area contributed by atoms with Crippen molar-refractivity contribution in [3.05, 3.63) is 52.9 Å². The lowest BCUT2D eigenvalue weighted by molar-refractivity contribution is -0.111. The Bertz CT molecular complexity index is 633. The van der Waals surface area contributed by atoms with E-state index in [0.717, 1.165) is 25.3 Å². The molecule has 1 aliphatic heterocycles. The highest BCUT2D eigenvalue weighted by Crippen LogP contribution is 2.27. The molecule has 0 fully saturated rings. The Balaban J connectivity index is 1.72. The van der Waals surface area contributed by atoms with Crippen LogP contribution < -0.4 is 10.2 Å². The van der Waals surface area contributed by atoms with Gasteiger partial charge in [0, 0.05) is 18.0 Å². The topological polar surface area (TPSA) is 45.2 Å². The number of nitrogens with one attached hydrogen (secondary N) is 1. The Hall–Kier alpha value is -2.14. The summed E-state index contributed by atoms with van der Waals surface area (Å²) in [7, 11) is 0. The van der Waals surface area contributed by atoms with Gasteiger partial charge in [-0.05, 0) is 41.6 Å². The van der Waals surface area contributed by atoms with Crippen LogP contribution in [0.2, 0.25) is 0 Å². The van der Waals surface area contributed by atoms with Crippen molar-refractivity contribution in [2.75, 3.05) is 16.8 Å². The fraction of sp³-hybridized carbons (Fsp3) is 0.200. The van der Waals surface area contributed by atoms with Gasteiger partial charge < -0.3 is 10.2 Å². The lowest BCUT2D eigenvalue weighted by Gasteiger charge is -2.28. The van der Waals surface area contributed by atoms with Gasteiger partial charge in [0.1, 0.15) is 5.82 Å². The second kappa shape index (κ2) is 5.46. The number of carbonyl (C=O) groups excluding carboxylic acids is 1. The van der Waals surface area contributed by atoms with Crippen molar-refractivity contribution in [3.63, 3.8) is 0 Å². The lowest BCUT2D eigenvalue weighted by Crippen LogP contribution is -2.30. The van der Waals surface area contributed by atoms with Crippen LogP contribution in [-0.2, 0) is 17.8 Å². The van der Waals surface area contributed by atoms with Crippen LogP contribution in [0.4, 0.5) is 11.5 Å². The van der Waals surface area contributed by atoms with Gasteiger partial charge in [-0.1, -0.05) is 6.58 Å². The van der Waals surface area contributed by atoms with Crippen LogP contribution in [-0.4, -0.2) is 17.4 Å². The number of hydrogen-bond donors (Lipinski definition) is 1. The molecule has 1 aliphatic rings. The van der Waals surface area contributed by atoms with Gasteiger partial charge >= 0.3 is 0 Å². The van der Waals surface area contributed by atoms with Gasteiger partial charge in [-0.25, -0.2) is 4.98 Å². The van der Waals surface area contributed by atoms with Crippen LogP contribution in [0, 0.1) is 0 Å². The van der Waals surface area contributed by atoms with Gasteiger partial charge in [0.25, 0.3) is 0 Å². The highest BCUT2D eigenvalue weighted by Gasteiger charge is 2.18. The normalized spacial score (nSPS) is 13.7. The van der Waals surface area contributed by atoms with Crippen molar-refractivity contribution in [1.29, 1.82) is 0 Å². The number of pyridine rings is 1. The molecule has 0 aliphatic carbocycles. The molecule has 0 aromatic carbocycles. The zero-order valence-electron chi connectivity index (χ0n) is 11.0. The maximum Gasteiger partial charge on any atom is 0.247 e. The molecule has 4 nitrogen and oxygen atoms in total. The predicted molar refractivity (Wildman–Crippen MR) is 82.1 cm³/mol. The minimum atomic E-state index is -0.222. The molecule has 0 atom stereocenters. The van der Waals surface area contributed by atoms with E-state index in [1.165, 1.54) is 16.5 Å². The van der Waals surface area contributed by atoms with Crippen LogP contribution in [0.3, 0.4) is 0 Å². The second-order valence-corrected chi connectivity index (χ2v) is 5.64. The molecule has 1 N–H and O–H groups in total. The van der Waals surface area contributed by atoms with E-state index in [-0.39, 0.29) is 5.91 Å². The number of hydrogen-bond acceptors (Lipinski definition) is 4. The molecule has 3 heterocycles. The predicted octanol–water partition coefficient (Wildman–Crippen LogP) is 2.83.